The lowest BCUT2D eigenvalue weighted by atomic mass is 9.92. The van der Waals surface area contributed by atoms with Crippen LogP contribution in [0.3, 0.4) is 0 Å². The van der Waals surface area contributed by atoms with Gasteiger partial charge in [0.25, 0.3) is 0 Å². The molecule has 2 fully saturated rings. The van der Waals surface area contributed by atoms with Gasteiger partial charge in [-0.05, 0) is 37.8 Å². The van der Waals surface area contributed by atoms with Crippen molar-refractivity contribution in [3.8, 4) is 0 Å². The highest BCUT2D eigenvalue weighted by atomic mass is 16.5. The van der Waals surface area contributed by atoms with E-state index in [-0.39, 0.29) is 31.1 Å². The van der Waals surface area contributed by atoms with Gasteiger partial charge in [-0.2, -0.15) is 0 Å². The molecule has 4 atom stereocenters. The Morgan fingerprint density at radius 1 is 1.05 bits per heavy atom. The molecule has 2 saturated heterocycles. The number of hydrogen-bond donors (Lipinski definition) is 2. The first-order chi connectivity index (χ1) is 17.8. The van der Waals surface area contributed by atoms with Crippen LogP contribution in [0.4, 0.5) is 5.82 Å². The molecule has 0 aromatic carbocycles. The number of aromatic nitrogens is 3. The van der Waals surface area contributed by atoms with E-state index in [1.165, 1.54) is 0 Å². The maximum atomic E-state index is 12.1. The topological polar surface area (TPSA) is 116 Å². The van der Waals surface area contributed by atoms with E-state index in [0.29, 0.717) is 24.4 Å². The van der Waals surface area contributed by atoms with Crippen molar-refractivity contribution in [1.82, 2.24) is 30.1 Å². The van der Waals surface area contributed by atoms with Gasteiger partial charge in [0.05, 0.1) is 11.4 Å². The van der Waals surface area contributed by atoms with E-state index in [1.807, 2.05) is 36.2 Å². The Morgan fingerprint density at radius 2 is 1.68 bits per heavy atom. The third-order valence-corrected chi connectivity index (χ3v) is 7.65. The van der Waals surface area contributed by atoms with Gasteiger partial charge in [-0.25, -0.2) is 9.97 Å². The SMILES string of the molecule is CNC1CN(C(=O)COC)CCC1C.COCC(=O)N1CCC(C)C(N(C)c2ncnc3[nH]ccc23)C1. The van der Waals surface area contributed by atoms with Crippen LogP contribution in [0.15, 0.2) is 18.6 Å². The number of hydrogen-bond acceptors (Lipinski definition) is 8. The molecule has 2 N–H and O–H groups in total. The Kier molecular flexibility index (Phi) is 10.7. The maximum absolute atomic E-state index is 12.1. The van der Waals surface area contributed by atoms with Crippen molar-refractivity contribution < 1.29 is 19.1 Å². The molecule has 206 valence electrons. The van der Waals surface area contributed by atoms with Gasteiger partial charge in [-0.3, -0.25) is 9.59 Å². The second kappa shape index (κ2) is 13.7. The Bertz CT molecular complexity index is 1020. The minimum Gasteiger partial charge on any atom is -0.375 e. The normalized spacial score (nSPS) is 23.9. The van der Waals surface area contributed by atoms with E-state index in [0.717, 1.165) is 49.3 Å². The number of likely N-dealkylation sites (N-methyl/N-ethyl adjacent to an activating group) is 2. The zero-order chi connectivity index (χ0) is 26.9. The number of likely N-dealkylation sites (tertiary alicyclic amines) is 2. The molecule has 0 spiro atoms. The average Bonchev–Trinajstić information content (AvgIpc) is 3.39. The van der Waals surface area contributed by atoms with Gasteiger partial charge >= 0.3 is 0 Å². The van der Waals surface area contributed by atoms with Gasteiger partial charge < -0.3 is 34.5 Å². The molecule has 2 aliphatic heterocycles. The highest BCUT2D eigenvalue weighted by Crippen LogP contribution is 2.28. The highest BCUT2D eigenvalue weighted by Gasteiger charge is 2.32. The number of rotatable bonds is 7. The van der Waals surface area contributed by atoms with Crippen molar-refractivity contribution in [2.45, 2.75) is 38.8 Å². The van der Waals surface area contributed by atoms with Gasteiger partial charge in [0.1, 0.15) is 31.0 Å². The molecular formula is C26H43N7O4. The lowest BCUT2D eigenvalue weighted by Gasteiger charge is -2.42. The lowest BCUT2D eigenvalue weighted by molar-refractivity contribution is -0.137. The number of anilines is 1. The van der Waals surface area contributed by atoms with Crippen LogP contribution in [-0.4, -0.2) is 116 Å². The molecule has 2 aromatic heterocycles. The fourth-order valence-corrected chi connectivity index (χ4v) is 5.18. The summed E-state index contributed by atoms with van der Waals surface area (Å²) in [6.07, 6.45) is 5.49. The molecule has 0 aliphatic carbocycles. The number of piperidine rings is 2. The molecule has 2 aliphatic rings. The lowest BCUT2D eigenvalue weighted by Crippen LogP contribution is -2.53. The Labute approximate surface area is 219 Å². The summed E-state index contributed by atoms with van der Waals surface area (Å²) in [7, 11) is 7.10. The minimum atomic E-state index is 0.0484. The number of amides is 2. The van der Waals surface area contributed by atoms with E-state index in [4.69, 9.17) is 9.47 Å². The number of fused-ring (bicyclic) bond motifs is 1. The van der Waals surface area contributed by atoms with Gasteiger partial charge in [-0.15, -0.1) is 0 Å². The molecule has 2 aromatic rings. The van der Waals surface area contributed by atoms with Gasteiger partial charge in [0.2, 0.25) is 11.8 Å². The smallest absolute Gasteiger partial charge is 0.248 e. The summed E-state index contributed by atoms with van der Waals surface area (Å²) in [6.45, 7) is 7.94. The molecule has 0 saturated carbocycles. The summed E-state index contributed by atoms with van der Waals surface area (Å²) in [4.78, 5) is 41.4. The van der Waals surface area contributed by atoms with Crippen molar-refractivity contribution in [2.75, 3.05) is 72.6 Å². The van der Waals surface area contributed by atoms with Crippen molar-refractivity contribution >= 4 is 28.7 Å². The second-order valence-electron chi connectivity index (χ2n) is 10.1. The number of carbonyl (C=O) groups is 2. The van der Waals surface area contributed by atoms with E-state index < -0.39 is 0 Å². The molecule has 0 bridgehead atoms. The van der Waals surface area contributed by atoms with Crippen LogP contribution in [0, 0.1) is 11.8 Å². The van der Waals surface area contributed by atoms with Gasteiger partial charge in [-0.1, -0.05) is 13.8 Å². The summed E-state index contributed by atoms with van der Waals surface area (Å²) in [5, 5.41) is 4.25. The van der Waals surface area contributed by atoms with Crippen molar-refractivity contribution in [3.63, 3.8) is 0 Å². The number of nitrogens with one attached hydrogen (secondary N) is 2. The number of methoxy groups -OCH3 is 2. The third-order valence-electron chi connectivity index (χ3n) is 7.65. The summed E-state index contributed by atoms with van der Waals surface area (Å²) < 4.78 is 9.82. The summed E-state index contributed by atoms with van der Waals surface area (Å²) in [5.74, 6) is 2.17. The van der Waals surface area contributed by atoms with E-state index in [1.54, 1.807) is 20.5 Å². The molecule has 11 nitrogen and oxygen atoms in total. The van der Waals surface area contributed by atoms with Crippen LogP contribution < -0.4 is 10.2 Å². The molecular weight excluding hydrogens is 474 g/mol. The van der Waals surface area contributed by atoms with Gasteiger partial charge in [0, 0.05) is 59.7 Å². The molecule has 2 amide bonds. The summed E-state index contributed by atoms with van der Waals surface area (Å²) >= 11 is 0. The number of aromatic amines is 1. The van der Waals surface area contributed by atoms with E-state index in [2.05, 4.69) is 39.0 Å². The summed E-state index contributed by atoms with van der Waals surface area (Å²) in [6, 6.07) is 2.63. The van der Waals surface area contributed by atoms with Crippen LogP contribution in [0.2, 0.25) is 0 Å². The van der Waals surface area contributed by atoms with Crippen molar-refractivity contribution in [1.29, 1.82) is 0 Å². The van der Waals surface area contributed by atoms with Crippen LogP contribution >= 0.6 is 0 Å². The number of carbonyl (C=O) groups excluding carboxylic acids is 2. The first-order valence-electron chi connectivity index (χ1n) is 13.0. The third kappa shape index (κ3) is 7.18. The molecule has 4 rings (SSSR count). The standard InChI is InChI=1S/C16H23N5O2.C10H20N2O2/c1-11-5-7-21(14(22)9-23-3)8-13(11)20(2)16-12-4-6-17-15(12)18-10-19-16;1-8-4-5-12(6-9(8)11-2)10(13)7-14-3/h4,6,10-11,13H,5,7-9H2,1-3H3,(H,17,18,19);8-9,11H,4-7H2,1-3H3. The molecule has 11 heteroatoms. The maximum Gasteiger partial charge on any atom is 0.248 e. The van der Waals surface area contributed by atoms with Gasteiger partial charge in [0.15, 0.2) is 0 Å². The first kappa shape index (κ1) is 28.8. The number of H-pyrrole nitrogens is 1. The van der Waals surface area contributed by atoms with E-state index in [9.17, 15) is 9.59 Å². The van der Waals surface area contributed by atoms with Crippen LogP contribution in [0.1, 0.15) is 26.7 Å². The predicted octanol–water partition coefficient (Wildman–Crippen LogP) is 1.37. The van der Waals surface area contributed by atoms with Crippen LogP contribution in [-0.2, 0) is 19.1 Å². The largest absolute Gasteiger partial charge is 0.375 e. The Hall–Kier alpha value is -2.76. The Balaban J connectivity index is 0.000000233. The second-order valence-corrected chi connectivity index (χ2v) is 10.1. The van der Waals surface area contributed by atoms with Crippen LogP contribution in [0.5, 0.6) is 0 Å². The monoisotopic (exact) mass is 517 g/mol. The Morgan fingerprint density at radius 3 is 2.30 bits per heavy atom. The average molecular weight is 518 g/mol. The predicted molar refractivity (Wildman–Crippen MR) is 143 cm³/mol. The number of ether oxygens (including phenoxy) is 2. The van der Waals surface area contributed by atoms with Crippen molar-refractivity contribution in [2.24, 2.45) is 11.8 Å². The minimum absolute atomic E-state index is 0.0484. The quantitative estimate of drug-likeness (QED) is 0.566. The fourth-order valence-electron chi connectivity index (χ4n) is 5.18. The summed E-state index contributed by atoms with van der Waals surface area (Å²) in [5.41, 5.74) is 0.831. The highest BCUT2D eigenvalue weighted by molar-refractivity contribution is 5.87. The fraction of sp³-hybridized carbons (Fsp3) is 0.692. The zero-order valence-corrected chi connectivity index (χ0v) is 23.1. The van der Waals surface area contributed by atoms with E-state index >= 15 is 0 Å². The molecule has 37 heavy (non-hydrogen) atoms. The molecule has 4 unspecified atom stereocenters. The van der Waals surface area contributed by atoms with Crippen LogP contribution in [0.25, 0.3) is 11.0 Å². The molecule has 4 heterocycles. The first-order valence-corrected chi connectivity index (χ1v) is 13.0. The van der Waals surface area contributed by atoms with Crippen molar-refractivity contribution in [3.05, 3.63) is 18.6 Å². The molecule has 0 radical (unpaired) electrons. The number of nitrogens with zero attached hydrogens (tertiary/aromatic N) is 5. The zero-order valence-electron chi connectivity index (χ0n) is 23.1.